The first-order valence-corrected chi connectivity index (χ1v) is 9.21. The molecule has 5 nitrogen and oxygen atoms in total. The molecule has 148 valence electrons. The molecular weight excluding hydrogens is 397 g/mol. The first kappa shape index (κ1) is 18.9. The van der Waals surface area contributed by atoms with Gasteiger partial charge in [0.15, 0.2) is 17.2 Å². The molecule has 2 aromatic heterocycles. The Bertz CT molecular complexity index is 1000. The van der Waals surface area contributed by atoms with Gasteiger partial charge in [0.2, 0.25) is 5.76 Å². The zero-order valence-electron chi connectivity index (χ0n) is 14.6. The number of halogens is 4. The van der Waals surface area contributed by atoms with Crippen molar-refractivity contribution in [1.82, 2.24) is 10.3 Å². The van der Waals surface area contributed by atoms with Crippen LogP contribution in [-0.2, 0) is 6.18 Å². The topological polar surface area (TPSA) is 68.3 Å². The molecule has 28 heavy (non-hydrogen) atoms. The lowest BCUT2D eigenvalue weighted by molar-refractivity contribution is -0.153. The van der Waals surface area contributed by atoms with Gasteiger partial charge in [0.05, 0.1) is 0 Å². The summed E-state index contributed by atoms with van der Waals surface area (Å²) in [6.07, 6.45) is -1.78. The molecule has 0 bridgehead atoms. The number of hydrogen-bond donors (Lipinski definition) is 1. The number of nitrogens with one attached hydrogen (secondary N) is 1. The predicted molar refractivity (Wildman–Crippen MR) is 95.2 cm³/mol. The number of alkyl halides is 3. The van der Waals surface area contributed by atoms with E-state index >= 15 is 0 Å². The van der Waals surface area contributed by atoms with Gasteiger partial charge in [-0.05, 0) is 49.9 Å². The Labute approximate surface area is 162 Å². The lowest BCUT2D eigenvalue weighted by Gasteiger charge is -2.27. The van der Waals surface area contributed by atoms with Gasteiger partial charge >= 0.3 is 6.18 Å². The van der Waals surface area contributed by atoms with Crippen LogP contribution in [0.4, 0.5) is 13.2 Å². The highest BCUT2D eigenvalue weighted by atomic mass is 35.5. The summed E-state index contributed by atoms with van der Waals surface area (Å²) >= 11 is 5.96. The fourth-order valence-electron chi connectivity index (χ4n) is 3.44. The van der Waals surface area contributed by atoms with Crippen LogP contribution < -0.4 is 5.32 Å². The van der Waals surface area contributed by atoms with Gasteiger partial charge < -0.3 is 14.2 Å². The molecule has 0 unspecified atom stereocenters. The number of oxazole rings is 1. The minimum absolute atomic E-state index is 0.125. The third-order valence-electron chi connectivity index (χ3n) is 4.89. The van der Waals surface area contributed by atoms with E-state index in [1.807, 2.05) is 0 Å². The SMILES string of the molecule is O=C(NC1CCC(c2nc3ccc(Cl)cc3o2)CC1)c1ccc(C(F)(F)F)o1. The van der Waals surface area contributed by atoms with Crippen LogP contribution in [0.2, 0.25) is 5.02 Å². The maximum Gasteiger partial charge on any atom is 0.449 e. The number of furan rings is 1. The maximum absolute atomic E-state index is 12.6. The number of rotatable bonds is 3. The van der Waals surface area contributed by atoms with Crippen LogP contribution >= 0.6 is 11.6 Å². The highest BCUT2D eigenvalue weighted by Crippen LogP contribution is 2.35. The number of nitrogens with zero attached hydrogens (tertiary/aromatic N) is 1. The molecule has 0 spiro atoms. The van der Waals surface area contributed by atoms with E-state index in [2.05, 4.69) is 14.7 Å². The zero-order chi connectivity index (χ0) is 19.9. The summed E-state index contributed by atoms with van der Waals surface area (Å²) in [6, 6.07) is 6.93. The van der Waals surface area contributed by atoms with Gasteiger partial charge in [-0.25, -0.2) is 4.98 Å². The van der Waals surface area contributed by atoms with Crippen LogP contribution in [-0.4, -0.2) is 16.9 Å². The minimum Gasteiger partial charge on any atom is -0.446 e. The van der Waals surface area contributed by atoms with E-state index in [-0.39, 0.29) is 17.7 Å². The van der Waals surface area contributed by atoms with Crippen molar-refractivity contribution in [3.05, 3.63) is 52.8 Å². The van der Waals surface area contributed by atoms with Crippen molar-refractivity contribution in [2.45, 2.75) is 43.8 Å². The number of hydrogen-bond acceptors (Lipinski definition) is 4. The molecule has 1 fully saturated rings. The van der Waals surface area contributed by atoms with E-state index in [4.69, 9.17) is 16.0 Å². The van der Waals surface area contributed by atoms with Crippen LogP contribution in [0, 0.1) is 0 Å². The summed E-state index contributed by atoms with van der Waals surface area (Å²) in [4.78, 5) is 16.6. The highest BCUT2D eigenvalue weighted by molar-refractivity contribution is 6.31. The normalized spacial score (nSPS) is 20.4. The van der Waals surface area contributed by atoms with Crippen LogP contribution in [0.3, 0.4) is 0 Å². The van der Waals surface area contributed by atoms with Gasteiger partial charge in [-0.3, -0.25) is 4.79 Å². The third-order valence-corrected chi connectivity index (χ3v) is 5.12. The van der Waals surface area contributed by atoms with Crippen molar-refractivity contribution in [1.29, 1.82) is 0 Å². The number of aromatic nitrogens is 1. The van der Waals surface area contributed by atoms with Crippen molar-refractivity contribution in [2.24, 2.45) is 0 Å². The average molecular weight is 413 g/mol. The van der Waals surface area contributed by atoms with E-state index in [1.165, 1.54) is 0 Å². The van der Waals surface area contributed by atoms with Crippen LogP contribution in [0.25, 0.3) is 11.1 Å². The lowest BCUT2D eigenvalue weighted by Crippen LogP contribution is -2.37. The van der Waals surface area contributed by atoms with Crippen LogP contribution in [0.1, 0.15) is 53.8 Å². The van der Waals surface area contributed by atoms with Crippen molar-refractivity contribution >= 4 is 28.6 Å². The molecule has 2 heterocycles. The smallest absolute Gasteiger partial charge is 0.446 e. The zero-order valence-corrected chi connectivity index (χ0v) is 15.3. The Kier molecular flexibility index (Phi) is 4.82. The Hall–Kier alpha value is -2.48. The maximum atomic E-state index is 12.6. The highest BCUT2D eigenvalue weighted by Gasteiger charge is 2.36. The number of carbonyl (C=O) groups excluding carboxylic acids is 1. The molecule has 0 atom stereocenters. The van der Waals surface area contributed by atoms with E-state index in [0.717, 1.165) is 30.5 Å². The summed E-state index contributed by atoms with van der Waals surface area (Å²) in [5.74, 6) is -1.40. The van der Waals surface area contributed by atoms with Gasteiger partial charge in [0.1, 0.15) is 5.52 Å². The van der Waals surface area contributed by atoms with Gasteiger partial charge in [-0.1, -0.05) is 11.6 Å². The lowest BCUT2D eigenvalue weighted by atomic mass is 9.86. The minimum atomic E-state index is -4.61. The molecule has 1 saturated carbocycles. The number of amides is 1. The van der Waals surface area contributed by atoms with Gasteiger partial charge in [-0.2, -0.15) is 13.2 Å². The fourth-order valence-corrected chi connectivity index (χ4v) is 3.61. The van der Waals surface area contributed by atoms with Crippen LogP contribution in [0.15, 0.2) is 39.2 Å². The molecular formula is C19H16ClF3N2O3. The van der Waals surface area contributed by atoms with E-state index in [9.17, 15) is 18.0 Å². The summed E-state index contributed by atoms with van der Waals surface area (Å²) in [5, 5.41) is 3.31. The summed E-state index contributed by atoms with van der Waals surface area (Å²) in [7, 11) is 0. The van der Waals surface area contributed by atoms with Crippen molar-refractivity contribution < 1.29 is 26.8 Å². The molecule has 1 amide bonds. The predicted octanol–water partition coefficient (Wildman–Crippen LogP) is 5.55. The Morgan fingerprint density at radius 1 is 1.11 bits per heavy atom. The third kappa shape index (κ3) is 3.87. The molecule has 3 aromatic rings. The van der Waals surface area contributed by atoms with Gasteiger partial charge in [-0.15, -0.1) is 0 Å². The summed E-state index contributed by atoms with van der Waals surface area (Å²) in [6.45, 7) is 0. The molecule has 0 saturated heterocycles. The molecule has 4 rings (SSSR count). The van der Waals surface area contributed by atoms with Crippen molar-refractivity contribution in [2.75, 3.05) is 0 Å². The van der Waals surface area contributed by atoms with E-state index in [0.29, 0.717) is 29.3 Å². The largest absolute Gasteiger partial charge is 0.449 e. The molecule has 1 N–H and O–H groups in total. The fraction of sp³-hybridized carbons (Fsp3) is 0.368. The van der Waals surface area contributed by atoms with Gasteiger partial charge in [0.25, 0.3) is 5.91 Å². The second-order valence-electron chi connectivity index (χ2n) is 6.85. The number of fused-ring (bicyclic) bond motifs is 1. The summed E-state index contributed by atoms with van der Waals surface area (Å²) in [5.41, 5.74) is 1.38. The number of benzene rings is 1. The van der Waals surface area contributed by atoms with Crippen molar-refractivity contribution in [3.63, 3.8) is 0 Å². The molecule has 1 aliphatic carbocycles. The molecule has 9 heteroatoms. The Balaban J connectivity index is 1.36. The second kappa shape index (κ2) is 7.16. The second-order valence-corrected chi connectivity index (χ2v) is 7.28. The number of carbonyl (C=O) groups is 1. The molecule has 0 aliphatic heterocycles. The van der Waals surface area contributed by atoms with Crippen molar-refractivity contribution in [3.8, 4) is 0 Å². The van der Waals surface area contributed by atoms with E-state index < -0.39 is 17.8 Å². The Morgan fingerprint density at radius 3 is 2.54 bits per heavy atom. The first-order chi connectivity index (χ1) is 13.3. The monoisotopic (exact) mass is 412 g/mol. The Morgan fingerprint density at radius 2 is 1.86 bits per heavy atom. The molecule has 1 aliphatic rings. The molecule has 0 radical (unpaired) electrons. The van der Waals surface area contributed by atoms with E-state index in [1.54, 1.807) is 18.2 Å². The molecule has 1 aromatic carbocycles. The van der Waals surface area contributed by atoms with Gasteiger partial charge in [0, 0.05) is 23.0 Å². The average Bonchev–Trinajstić information content (AvgIpc) is 3.29. The summed E-state index contributed by atoms with van der Waals surface area (Å²) < 4.78 is 48.2. The standard InChI is InChI=1S/C19H16ClF3N2O3/c20-11-3-6-13-15(9-11)28-18(25-13)10-1-4-12(5-2-10)24-17(26)14-7-8-16(27-14)19(21,22)23/h3,6-10,12H,1-2,4-5H2,(H,24,26). The quantitative estimate of drug-likeness (QED) is 0.612. The van der Waals surface area contributed by atoms with Crippen LogP contribution in [0.5, 0.6) is 0 Å². The first-order valence-electron chi connectivity index (χ1n) is 8.83.